The van der Waals surface area contributed by atoms with E-state index >= 15 is 0 Å². The summed E-state index contributed by atoms with van der Waals surface area (Å²) in [6, 6.07) is 15.1. The highest BCUT2D eigenvalue weighted by atomic mass is 79.9. The van der Waals surface area contributed by atoms with E-state index in [2.05, 4.69) is 40.4 Å². The summed E-state index contributed by atoms with van der Waals surface area (Å²) in [6.07, 6.45) is 0. The first kappa shape index (κ1) is 14.6. The standard InChI is InChI=1S/C16H17BrN2O/c1-11(2)12-6-8-14(9-7-12)18-16(20)19-15-5-3-4-13(17)10-15/h3-11H,1-2H3,(H2,18,19,20). The summed E-state index contributed by atoms with van der Waals surface area (Å²) in [5.74, 6) is 0.486. The van der Waals surface area contributed by atoms with Crippen molar-refractivity contribution in [2.45, 2.75) is 19.8 Å². The number of urea groups is 1. The molecule has 0 aliphatic heterocycles. The Labute approximate surface area is 127 Å². The molecule has 2 amide bonds. The molecule has 0 aromatic heterocycles. The molecule has 0 saturated heterocycles. The lowest BCUT2D eigenvalue weighted by Crippen LogP contribution is -2.19. The summed E-state index contributed by atoms with van der Waals surface area (Å²) in [4.78, 5) is 11.9. The second-order valence-electron chi connectivity index (χ2n) is 4.87. The number of nitrogens with one attached hydrogen (secondary N) is 2. The monoisotopic (exact) mass is 332 g/mol. The van der Waals surface area contributed by atoms with Crippen molar-refractivity contribution in [3.63, 3.8) is 0 Å². The molecule has 0 fully saturated rings. The van der Waals surface area contributed by atoms with Gasteiger partial charge in [0.15, 0.2) is 0 Å². The van der Waals surface area contributed by atoms with Crippen molar-refractivity contribution in [2.75, 3.05) is 10.6 Å². The van der Waals surface area contributed by atoms with Crippen LogP contribution in [0.2, 0.25) is 0 Å². The zero-order valence-corrected chi connectivity index (χ0v) is 13.1. The number of hydrogen-bond donors (Lipinski definition) is 2. The lowest BCUT2D eigenvalue weighted by molar-refractivity contribution is 0.262. The Balaban J connectivity index is 1.97. The van der Waals surface area contributed by atoms with E-state index in [4.69, 9.17) is 0 Å². The number of benzene rings is 2. The van der Waals surface area contributed by atoms with Crippen molar-refractivity contribution < 1.29 is 4.79 Å². The van der Waals surface area contributed by atoms with Crippen LogP contribution in [0, 0.1) is 0 Å². The fourth-order valence-corrected chi connectivity index (χ4v) is 2.21. The van der Waals surface area contributed by atoms with Gasteiger partial charge in [0, 0.05) is 15.8 Å². The number of anilines is 2. The summed E-state index contributed by atoms with van der Waals surface area (Å²) in [5.41, 5.74) is 2.78. The van der Waals surface area contributed by atoms with Crippen LogP contribution in [-0.4, -0.2) is 6.03 Å². The van der Waals surface area contributed by atoms with Crippen molar-refractivity contribution in [2.24, 2.45) is 0 Å². The molecule has 2 aromatic rings. The second-order valence-corrected chi connectivity index (χ2v) is 5.78. The molecule has 20 heavy (non-hydrogen) atoms. The van der Waals surface area contributed by atoms with E-state index in [9.17, 15) is 4.79 Å². The number of carbonyl (C=O) groups excluding carboxylic acids is 1. The van der Waals surface area contributed by atoms with Gasteiger partial charge in [0.1, 0.15) is 0 Å². The van der Waals surface area contributed by atoms with Gasteiger partial charge >= 0.3 is 6.03 Å². The quantitative estimate of drug-likeness (QED) is 0.795. The van der Waals surface area contributed by atoms with Gasteiger partial charge in [-0.15, -0.1) is 0 Å². The Hall–Kier alpha value is -1.81. The predicted molar refractivity (Wildman–Crippen MR) is 87.3 cm³/mol. The van der Waals surface area contributed by atoms with Crippen molar-refractivity contribution in [3.8, 4) is 0 Å². The molecular weight excluding hydrogens is 316 g/mol. The maximum Gasteiger partial charge on any atom is 0.323 e. The van der Waals surface area contributed by atoms with Crippen molar-refractivity contribution in [3.05, 3.63) is 58.6 Å². The zero-order valence-electron chi connectivity index (χ0n) is 11.5. The highest BCUT2D eigenvalue weighted by Gasteiger charge is 2.04. The topological polar surface area (TPSA) is 41.1 Å². The predicted octanol–water partition coefficient (Wildman–Crippen LogP) is 5.22. The maximum absolute atomic E-state index is 11.9. The summed E-state index contributed by atoms with van der Waals surface area (Å²) in [6.45, 7) is 4.28. The minimum atomic E-state index is -0.250. The molecule has 0 atom stereocenters. The van der Waals surface area contributed by atoms with Crippen LogP contribution in [0.25, 0.3) is 0 Å². The molecule has 2 N–H and O–H groups in total. The lowest BCUT2D eigenvalue weighted by Gasteiger charge is -2.09. The number of halogens is 1. The van der Waals surface area contributed by atoms with Gasteiger partial charge in [0.25, 0.3) is 0 Å². The van der Waals surface area contributed by atoms with E-state index in [0.29, 0.717) is 5.92 Å². The molecule has 0 aliphatic rings. The molecule has 0 heterocycles. The first-order chi connectivity index (χ1) is 9.54. The van der Waals surface area contributed by atoms with Crippen molar-refractivity contribution >= 4 is 33.3 Å². The van der Waals surface area contributed by atoms with E-state index < -0.39 is 0 Å². The summed E-state index contributed by atoms with van der Waals surface area (Å²) >= 11 is 3.37. The number of amides is 2. The van der Waals surface area contributed by atoms with Crippen LogP contribution in [-0.2, 0) is 0 Å². The van der Waals surface area contributed by atoms with Gasteiger partial charge in [-0.3, -0.25) is 0 Å². The van der Waals surface area contributed by atoms with Crippen molar-refractivity contribution in [1.29, 1.82) is 0 Å². The molecule has 2 rings (SSSR count). The molecule has 0 unspecified atom stereocenters. The highest BCUT2D eigenvalue weighted by Crippen LogP contribution is 2.18. The van der Waals surface area contributed by atoms with Gasteiger partial charge in [-0.1, -0.05) is 48.0 Å². The van der Waals surface area contributed by atoms with Crippen LogP contribution >= 0.6 is 15.9 Å². The third-order valence-corrected chi connectivity index (χ3v) is 3.41. The molecule has 0 radical (unpaired) electrons. The highest BCUT2D eigenvalue weighted by molar-refractivity contribution is 9.10. The van der Waals surface area contributed by atoms with Gasteiger partial charge in [-0.05, 0) is 41.8 Å². The molecule has 2 aromatic carbocycles. The Kier molecular flexibility index (Phi) is 4.79. The molecule has 0 bridgehead atoms. The fourth-order valence-electron chi connectivity index (χ4n) is 1.81. The fraction of sp³-hybridized carbons (Fsp3) is 0.188. The van der Waals surface area contributed by atoms with E-state index in [0.717, 1.165) is 15.8 Å². The van der Waals surface area contributed by atoms with Crippen LogP contribution in [0.4, 0.5) is 16.2 Å². The molecule has 104 valence electrons. The van der Waals surface area contributed by atoms with Gasteiger partial charge in [-0.2, -0.15) is 0 Å². The van der Waals surface area contributed by atoms with E-state index in [1.807, 2.05) is 48.5 Å². The number of carbonyl (C=O) groups is 1. The lowest BCUT2D eigenvalue weighted by atomic mass is 10.0. The second kappa shape index (κ2) is 6.57. The summed E-state index contributed by atoms with van der Waals surface area (Å²) < 4.78 is 0.927. The molecular formula is C16H17BrN2O. The largest absolute Gasteiger partial charge is 0.323 e. The van der Waals surface area contributed by atoms with Gasteiger partial charge in [0.2, 0.25) is 0 Å². The van der Waals surface area contributed by atoms with Crippen LogP contribution < -0.4 is 10.6 Å². The van der Waals surface area contributed by atoms with Gasteiger partial charge in [0.05, 0.1) is 0 Å². The van der Waals surface area contributed by atoms with Crippen LogP contribution in [0.3, 0.4) is 0 Å². The third kappa shape index (κ3) is 4.10. The average molecular weight is 333 g/mol. The Morgan fingerprint density at radius 2 is 1.65 bits per heavy atom. The molecule has 3 nitrogen and oxygen atoms in total. The van der Waals surface area contributed by atoms with Crippen LogP contribution in [0.1, 0.15) is 25.3 Å². The van der Waals surface area contributed by atoms with E-state index in [1.54, 1.807) is 0 Å². The van der Waals surface area contributed by atoms with E-state index in [-0.39, 0.29) is 6.03 Å². The Morgan fingerprint density at radius 1 is 1.00 bits per heavy atom. The van der Waals surface area contributed by atoms with E-state index in [1.165, 1.54) is 5.56 Å². The Bertz CT molecular complexity index is 594. The minimum Gasteiger partial charge on any atom is -0.308 e. The SMILES string of the molecule is CC(C)c1ccc(NC(=O)Nc2cccc(Br)c2)cc1. The summed E-state index contributed by atoms with van der Waals surface area (Å²) in [5, 5.41) is 5.60. The molecule has 0 saturated carbocycles. The Morgan fingerprint density at radius 3 is 2.25 bits per heavy atom. The molecule has 0 spiro atoms. The van der Waals surface area contributed by atoms with Gasteiger partial charge in [-0.25, -0.2) is 4.79 Å². The molecule has 4 heteroatoms. The number of hydrogen-bond acceptors (Lipinski definition) is 1. The smallest absolute Gasteiger partial charge is 0.308 e. The van der Waals surface area contributed by atoms with Crippen LogP contribution in [0.5, 0.6) is 0 Å². The maximum atomic E-state index is 11.9. The average Bonchev–Trinajstić information content (AvgIpc) is 2.39. The first-order valence-electron chi connectivity index (χ1n) is 6.48. The molecule has 0 aliphatic carbocycles. The van der Waals surface area contributed by atoms with Crippen LogP contribution in [0.15, 0.2) is 53.0 Å². The van der Waals surface area contributed by atoms with Gasteiger partial charge < -0.3 is 10.6 Å². The minimum absolute atomic E-state index is 0.250. The number of rotatable bonds is 3. The van der Waals surface area contributed by atoms with Crippen molar-refractivity contribution in [1.82, 2.24) is 0 Å². The summed E-state index contributed by atoms with van der Waals surface area (Å²) in [7, 11) is 0. The first-order valence-corrected chi connectivity index (χ1v) is 7.27. The zero-order chi connectivity index (χ0) is 14.5. The normalized spacial score (nSPS) is 10.4. The third-order valence-electron chi connectivity index (χ3n) is 2.92.